The molecule has 0 spiro atoms. The molecule has 4 aromatic rings. The summed E-state index contributed by atoms with van der Waals surface area (Å²) in [7, 11) is 1.64. The molecule has 2 heterocycles. The molecule has 0 aliphatic heterocycles. The molecule has 2 aromatic carbocycles. The van der Waals surface area contributed by atoms with E-state index < -0.39 is 0 Å². The first-order valence-electron chi connectivity index (χ1n) is 9.88. The maximum Gasteiger partial charge on any atom is 0.233 e. The van der Waals surface area contributed by atoms with E-state index in [4.69, 9.17) is 9.72 Å². The van der Waals surface area contributed by atoms with Crippen molar-refractivity contribution in [3.63, 3.8) is 0 Å². The number of rotatable bonds is 7. The number of aryl methyl sites for hydroxylation is 1. The van der Waals surface area contributed by atoms with Crippen molar-refractivity contribution in [3.05, 3.63) is 83.7 Å². The highest BCUT2D eigenvalue weighted by atomic mass is 32.1. The molecule has 0 aliphatic carbocycles. The molecule has 2 aromatic heterocycles. The largest absolute Gasteiger partial charge is 0.497 e. The Bertz CT molecular complexity index is 1140. The number of thiazole rings is 1. The van der Waals surface area contributed by atoms with Gasteiger partial charge in [0.2, 0.25) is 5.91 Å². The predicted molar refractivity (Wildman–Crippen MR) is 121 cm³/mol. The van der Waals surface area contributed by atoms with Crippen molar-refractivity contribution in [2.75, 3.05) is 12.0 Å². The number of fused-ring (bicyclic) bond motifs is 1. The normalized spacial score (nSPS) is 10.9. The minimum Gasteiger partial charge on any atom is -0.497 e. The number of hydrogen-bond donors (Lipinski definition) is 0. The summed E-state index contributed by atoms with van der Waals surface area (Å²) in [5.74, 6) is 0.759. The maximum absolute atomic E-state index is 13.3. The topological polar surface area (TPSA) is 55.3 Å². The summed E-state index contributed by atoms with van der Waals surface area (Å²) >= 11 is 1.51. The smallest absolute Gasteiger partial charge is 0.233 e. The predicted octanol–water partition coefficient (Wildman–Crippen LogP) is 5.04. The summed E-state index contributed by atoms with van der Waals surface area (Å²) in [5, 5.41) is 0.678. The van der Waals surface area contributed by atoms with Crippen LogP contribution in [0.25, 0.3) is 10.2 Å². The second-order valence-electron chi connectivity index (χ2n) is 7.02. The minimum absolute atomic E-state index is 0.00845. The number of hydrogen-bond acceptors (Lipinski definition) is 5. The lowest BCUT2D eigenvalue weighted by molar-refractivity contribution is -0.118. The van der Waals surface area contributed by atoms with E-state index in [0.29, 0.717) is 18.1 Å². The maximum atomic E-state index is 13.3. The highest BCUT2D eigenvalue weighted by Gasteiger charge is 2.21. The van der Waals surface area contributed by atoms with Gasteiger partial charge in [0.05, 0.1) is 30.3 Å². The lowest BCUT2D eigenvalue weighted by Gasteiger charge is -2.20. The molecule has 30 heavy (non-hydrogen) atoms. The molecule has 4 rings (SSSR count). The number of pyridine rings is 1. The average Bonchev–Trinajstić information content (AvgIpc) is 3.21. The molecule has 1 amide bonds. The molecule has 152 valence electrons. The monoisotopic (exact) mass is 417 g/mol. The van der Waals surface area contributed by atoms with Gasteiger partial charge in [-0.3, -0.25) is 14.7 Å². The van der Waals surface area contributed by atoms with E-state index in [1.807, 2.05) is 42.5 Å². The molecule has 0 atom stereocenters. The van der Waals surface area contributed by atoms with Gasteiger partial charge in [-0.15, -0.1) is 0 Å². The third kappa shape index (κ3) is 4.49. The zero-order valence-electron chi connectivity index (χ0n) is 17.0. The molecular formula is C24H23N3O2S. The first-order valence-corrected chi connectivity index (χ1v) is 10.7. The number of ether oxygens (including phenoxy) is 1. The van der Waals surface area contributed by atoms with Gasteiger partial charge < -0.3 is 4.74 Å². The van der Waals surface area contributed by atoms with Crippen LogP contribution in [0.3, 0.4) is 0 Å². The second-order valence-corrected chi connectivity index (χ2v) is 8.03. The summed E-state index contributed by atoms with van der Waals surface area (Å²) in [4.78, 5) is 24.0. The van der Waals surface area contributed by atoms with Gasteiger partial charge in [0.25, 0.3) is 0 Å². The Morgan fingerprint density at radius 1 is 1.07 bits per heavy atom. The van der Waals surface area contributed by atoms with Gasteiger partial charge in [-0.25, -0.2) is 4.98 Å². The standard InChI is InChI=1S/C24H23N3O2S/c1-3-17-6-8-18(9-7-17)13-23(28)27(16-19-5-4-12-25-15-19)24-26-21-14-20(29-2)10-11-22(21)30-24/h4-12,14-15H,3,13,16H2,1-2H3. The molecule has 0 radical (unpaired) electrons. The van der Waals surface area contributed by atoms with Gasteiger partial charge >= 0.3 is 0 Å². The minimum atomic E-state index is 0.00845. The van der Waals surface area contributed by atoms with Crippen LogP contribution < -0.4 is 9.64 Å². The van der Waals surface area contributed by atoms with Crippen LogP contribution in [0.1, 0.15) is 23.6 Å². The molecule has 0 saturated heterocycles. The third-order valence-corrected chi connectivity index (χ3v) is 6.02. The van der Waals surface area contributed by atoms with Crippen LogP contribution in [0, 0.1) is 0 Å². The van der Waals surface area contributed by atoms with Crippen molar-refractivity contribution < 1.29 is 9.53 Å². The molecule has 0 saturated carbocycles. The van der Waals surface area contributed by atoms with E-state index in [-0.39, 0.29) is 5.91 Å². The van der Waals surface area contributed by atoms with Gasteiger partial charge in [0.1, 0.15) is 5.75 Å². The summed E-state index contributed by atoms with van der Waals surface area (Å²) in [5.41, 5.74) is 4.05. The Balaban J connectivity index is 1.65. The van der Waals surface area contributed by atoms with Crippen molar-refractivity contribution in [2.45, 2.75) is 26.3 Å². The molecule has 5 nitrogen and oxygen atoms in total. The van der Waals surface area contributed by atoms with Gasteiger partial charge in [-0.1, -0.05) is 48.6 Å². The fourth-order valence-corrected chi connectivity index (χ4v) is 4.20. The summed E-state index contributed by atoms with van der Waals surface area (Å²) in [6.07, 6.45) is 4.82. The number of amides is 1. The SMILES string of the molecule is CCc1ccc(CC(=O)N(Cc2cccnc2)c2nc3cc(OC)ccc3s2)cc1. The van der Waals surface area contributed by atoms with E-state index in [2.05, 4.69) is 24.0 Å². The Morgan fingerprint density at radius 3 is 2.57 bits per heavy atom. The first-order chi connectivity index (χ1) is 14.7. The van der Waals surface area contributed by atoms with Crippen molar-refractivity contribution in [2.24, 2.45) is 0 Å². The Morgan fingerprint density at radius 2 is 1.87 bits per heavy atom. The van der Waals surface area contributed by atoms with Crippen molar-refractivity contribution in [3.8, 4) is 5.75 Å². The van der Waals surface area contributed by atoms with E-state index in [1.165, 1.54) is 16.9 Å². The molecule has 0 bridgehead atoms. The van der Waals surface area contributed by atoms with Crippen molar-refractivity contribution in [1.29, 1.82) is 0 Å². The Labute approximate surface area is 180 Å². The quantitative estimate of drug-likeness (QED) is 0.423. The molecule has 0 unspecified atom stereocenters. The summed E-state index contributed by atoms with van der Waals surface area (Å²) in [6.45, 7) is 2.55. The third-order valence-electron chi connectivity index (χ3n) is 4.97. The van der Waals surface area contributed by atoms with E-state index in [9.17, 15) is 4.79 Å². The van der Waals surface area contributed by atoms with Gasteiger partial charge in [-0.05, 0) is 41.3 Å². The van der Waals surface area contributed by atoms with Gasteiger partial charge in [0, 0.05) is 18.5 Å². The molecular weight excluding hydrogens is 394 g/mol. The number of methoxy groups -OCH3 is 1. The van der Waals surface area contributed by atoms with Crippen LogP contribution in [0.4, 0.5) is 5.13 Å². The molecule has 0 N–H and O–H groups in total. The van der Waals surface area contributed by atoms with E-state index >= 15 is 0 Å². The fourth-order valence-electron chi connectivity index (χ4n) is 3.24. The molecule has 6 heteroatoms. The summed E-state index contributed by atoms with van der Waals surface area (Å²) < 4.78 is 6.32. The fraction of sp³-hybridized carbons (Fsp3) is 0.208. The first kappa shape index (κ1) is 20.0. The number of nitrogens with zero attached hydrogens (tertiary/aromatic N) is 3. The van der Waals surface area contributed by atoms with Crippen LogP contribution in [0.2, 0.25) is 0 Å². The van der Waals surface area contributed by atoms with Crippen LogP contribution in [-0.4, -0.2) is 23.0 Å². The van der Waals surface area contributed by atoms with E-state index in [0.717, 1.165) is 33.5 Å². The van der Waals surface area contributed by atoms with Crippen molar-refractivity contribution >= 4 is 32.6 Å². The zero-order valence-corrected chi connectivity index (χ0v) is 17.9. The van der Waals surface area contributed by atoms with Crippen molar-refractivity contribution in [1.82, 2.24) is 9.97 Å². The van der Waals surface area contributed by atoms with Crippen LogP contribution in [-0.2, 0) is 24.2 Å². The average molecular weight is 418 g/mol. The van der Waals surface area contributed by atoms with Crippen LogP contribution in [0.5, 0.6) is 5.75 Å². The molecule has 0 aliphatic rings. The number of carbonyl (C=O) groups excluding carboxylic acids is 1. The number of anilines is 1. The van der Waals surface area contributed by atoms with Crippen LogP contribution >= 0.6 is 11.3 Å². The van der Waals surface area contributed by atoms with Crippen LogP contribution in [0.15, 0.2) is 67.0 Å². The highest BCUT2D eigenvalue weighted by Crippen LogP contribution is 2.32. The highest BCUT2D eigenvalue weighted by molar-refractivity contribution is 7.22. The second kappa shape index (κ2) is 9.05. The Hall–Kier alpha value is -3.25. The number of carbonyl (C=O) groups is 1. The summed E-state index contributed by atoms with van der Waals surface area (Å²) in [6, 6.07) is 17.9. The lowest BCUT2D eigenvalue weighted by Crippen LogP contribution is -2.31. The Kier molecular flexibility index (Phi) is 6.05. The number of benzene rings is 2. The molecule has 0 fully saturated rings. The number of aromatic nitrogens is 2. The zero-order chi connectivity index (χ0) is 20.9. The van der Waals surface area contributed by atoms with Gasteiger partial charge in [-0.2, -0.15) is 0 Å². The lowest BCUT2D eigenvalue weighted by atomic mass is 10.1. The van der Waals surface area contributed by atoms with Gasteiger partial charge in [0.15, 0.2) is 5.13 Å². The van der Waals surface area contributed by atoms with E-state index in [1.54, 1.807) is 24.4 Å².